The van der Waals surface area contributed by atoms with Gasteiger partial charge < -0.3 is 15.6 Å². The summed E-state index contributed by atoms with van der Waals surface area (Å²) < 4.78 is 5.80. The van der Waals surface area contributed by atoms with E-state index in [1.54, 1.807) is 0 Å². The van der Waals surface area contributed by atoms with E-state index in [-0.39, 0.29) is 12.2 Å². The van der Waals surface area contributed by atoms with Crippen molar-refractivity contribution in [2.45, 2.75) is 45.6 Å². The summed E-state index contributed by atoms with van der Waals surface area (Å²) in [6, 6.07) is 0. The molecule has 0 aromatic rings. The molecule has 0 heterocycles. The second-order valence-electron chi connectivity index (χ2n) is 5.81. The summed E-state index contributed by atoms with van der Waals surface area (Å²) in [6.45, 7) is 7.84. The van der Waals surface area contributed by atoms with Crippen LogP contribution in [0.5, 0.6) is 0 Å². The quantitative estimate of drug-likeness (QED) is 0.748. The zero-order valence-electron chi connectivity index (χ0n) is 10.3. The van der Waals surface area contributed by atoms with Crippen molar-refractivity contribution in [3.63, 3.8) is 0 Å². The highest BCUT2D eigenvalue weighted by molar-refractivity contribution is 4.95. The van der Waals surface area contributed by atoms with Gasteiger partial charge in [-0.2, -0.15) is 0 Å². The molecular weight excluding hydrogens is 190 g/mol. The normalized spacial score (nSPS) is 35.4. The molecule has 2 atom stereocenters. The van der Waals surface area contributed by atoms with E-state index >= 15 is 0 Å². The summed E-state index contributed by atoms with van der Waals surface area (Å²) in [5.41, 5.74) is 5.95. The van der Waals surface area contributed by atoms with E-state index in [9.17, 15) is 0 Å². The van der Waals surface area contributed by atoms with Crippen LogP contribution in [0.1, 0.15) is 40.0 Å². The Bertz CT molecular complexity index is 206. The number of nitrogens with two attached hydrogens (primary N) is 1. The molecule has 15 heavy (non-hydrogen) atoms. The third-order valence-corrected chi connectivity index (χ3v) is 3.29. The fraction of sp³-hybridized carbons (Fsp3) is 1.00. The fourth-order valence-electron chi connectivity index (χ4n) is 3.25. The van der Waals surface area contributed by atoms with Gasteiger partial charge in [0.2, 0.25) is 0 Å². The van der Waals surface area contributed by atoms with Gasteiger partial charge in [0.25, 0.3) is 0 Å². The summed E-state index contributed by atoms with van der Waals surface area (Å²) >= 11 is 0. The van der Waals surface area contributed by atoms with Crippen LogP contribution in [0.15, 0.2) is 0 Å². The van der Waals surface area contributed by atoms with Crippen molar-refractivity contribution in [2.24, 2.45) is 17.1 Å². The number of hydrogen-bond acceptors (Lipinski definition) is 3. The van der Waals surface area contributed by atoms with E-state index in [1.165, 1.54) is 6.42 Å². The maximum atomic E-state index is 8.84. The Hall–Kier alpha value is -0.120. The zero-order valence-corrected chi connectivity index (χ0v) is 10.3. The van der Waals surface area contributed by atoms with Crippen LogP contribution in [0.25, 0.3) is 0 Å². The van der Waals surface area contributed by atoms with Crippen LogP contribution in [-0.2, 0) is 4.74 Å². The highest BCUT2D eigenvalue weighted by atomic mass is 16.5. The second-order valence-corrected chi connectivity index (χ2v) is 5.81. The Balaban J connectivity index is 2.70. The molecule has 0 aliphatic heterocycles. The van der Waals surface area contributed by atoms with E-state index in [1.807, 2.05) is 0 Å². The molecule has 3 N–H and O–H groups in total. The first-order valence-corrected chi connectivity index (χ1v) is 5.88. The van der Waals surface area contributed by atoms with Crippen molar-refractivity contribution >= 4 is 0 Å². The molecule has 0 aromatic carbocycles. The molecule has 1 rings (SSSR count). The van der Waals surface area contributed by atoms with Gasteiger partial charge in [0.05, 0.1) is 18.8 Å². The third-order valence-electron chi connectivity index (χ3n) is 3.29. The molecule has 0 spiro atoms. The first-order valence-electron chi connectivity index (χ1n) is 5.88. The molecule has 1 fully saturated rings. The minimum absolute atomic E-state index is 0.0799. The van der Waals surface area contributed by atoms with Crippen LogP contribution >= 0.6 is 0 Å². The van der Waals surface area contributed by atoms with E-state index in [4.69, 9.17) is 15.6 Å². The summed E-state index contributed by atoms with van der Waals surface area (Å²) in [6.07, 6.45) is 3.25. The molecule has 0 radical (unpaired) electrons. The van der Waals surface area contributed by atoms with Gasteiger partial charge in [-0.25, -0.2) is 0 Å². The van der Waals surface area contributed by atoms with Crippen molar-refractivity contribution in [2.75, 3.05) is 19.8 Å². The second kappa shape index (κ2) is 4.81. The smallest absolute Gasteiger partial charge is 0.0812 e. The van der Waals surface area contributed by atoms with Gasteiger partial charge in [-0.3, -0.25) is 0 Å². The van der Waals surface area contributed by atoms with E-state index in [0.717, 1.165) is 12.8 Å². The SMILES string of the molecule is CC1CC(C)(C)CC(CN)(OCCO)C1. The lowest BCUT2D eigenvalue weighted by Gasteiger charge is -2.47. The zero-order chi connectivity index (χ0) is 11.5. The first-order chi connectivity index (χ1) is 6.93. The average Bonchev–Trinajstić information content (AvgIpc) is 2.11. The van der Waals surface area contributed by atoms with Gasteiger partial charge >= 0.3 is 0 Å². The van der Waals surface area contributed by atoms with Crippen LogP contribution in [0, 0.1) is 11.3 Å². The van der Waals surface area contributed by atoms with Gasteiger partial charge in [-0.15, -0.1) is 0 Å². The van der Waals surface area contributed by atoms with E-state index < -0.39 is 0 Å². The lowest BCUT2D eigenvalue weighted by molar-refractivity contribution is -0.112. The molecule has 1 aliphatic carbocycles. The Labute approximate surface area is 93.0 Å². The Morgan fingerprint density at radius 2 is 2.07 bits per heavy atom. The van der Waals surface area contributed by atoms with Crippen molar-refractivity contribution in [3.8, 4) is 0 Å². The maximum Gasteiger partial charge on any atom is 0.0812 e. The first kappa shape index (κ1) is 12.9. The molecule has 90 valence electrons. The van der Waals surface area contributed by atoms with Crippen LogP contribution in [0.2, 0.25) is 0 Å². The topological polar surface area (TPSA) is 55.5 Å². The minimum atomic E-state index is -0.204. The van der Waals surface area contributed by atoms with E-state index in [0.29, 0.717) is 24.5 Å². The molecule has 0 amide bonds. The predicted octanol–water partition coefficient (Wildman–Crippen LogP) is 1.54. The van der Waals surface area contributed by atoms with Crippen molar-refractivity contribution in [1.29, 1.82) is 0 Å². The van der Waals surface area contributed by atoms with Crippen LogP contribution < -0.4 is 5.73 Å². The van der Waals surface area contributed by atoms with Gasteiger partial charge in [0.1, 0.15) is 0 Å². The predicted molar refractivity (Wildman–Crippen MR) is 61.6 cm³/mol. The Morgan fingerprint density at radius 1 is 1.40 bits per heavy atom. The number of rotatable bonds is 4. The van der Waals surface area contributed by atoms with Crippen molar-refractivity contribution in [1.82, 2.24) is 0 Å². The van der Waals surface area contributed by atoms with Crippen LogP contribution in [-0.4, -0.2) is 30.5 Å². The van der Waals surface area contributed by atoms with Gasteiger partial charge in [-0.1, -0.05) is 20.8 Å². The molecule has 0 aromatic heterocycles. The Kier molecular flexibility index (Phi) is 4.15. The summed E-state index contributed by atoms with van der Waals surface area (Å²) in [5, 5.41) is 8.84. The largest absolute Gasteiger partial charge is 0.394 e. The highest BCUT2D eigenvalue weighted by Crippen LogP contribution is 2.45. The molecule has 1 aliphatic rings. The molecule has 3 heteroatoms. The number of ether oxygens (including phenoxy) is 1. The fourth-order valence-corrected chi connectivity index (χ4v) is 3.25. The third kappa shape index (κ3) is 3.44. The van der Waals surface area contributed by atoms with Crippen LogP contribution in [0.4, 0.5) is 0 Å². The van der Waals surface area contributed by atoms with Gasteiger partial charge in [0.15, 0.2) is 0 Å². The molecule has 0 bridgehead atoms. The van der Waals surface area contributed by atoms with Crippen LogP contribution in [0.3, 0.4) is 0 Å². The minimum Gasteiger partial charge on any atom is -0.394 e. The summed E-state index contributed by atoms with van der Waals surface area (Å²) in [5.74, 6) is 0.649. The molecule has 1 saturated carbocycles. The average molecular weight is 215 g/mol. The molecule has 3 nitrogen and oxygen atoms in total. The number of aliphatic hydroxyl groups excluding tert-OH is 1. The summed E-state index contributed by atoms with van der Waals surface area (Å²) in [7, 11) is 0. The van der Waals surface area contributed by atoms with Gasteiger partial charge in [0, 0.05) is 6.54 Å². The lowest BCUT2D eigenvalue weighted by Crippen LogP contribution is -2.49. The molecule has 0 saturated heterocycles. The van der Waals surface area contributed by atoms with Crippen molar-refractivity contribution in [3.05, 3.63) is 0 Å². The Morgan fingerprint density at radius 3 is 2.53 bits per heavy atom. The van der Waals surface area contributed by atoms with Crippen molar-refractivity contribution < 1.29 is 9.84 Å². The van der Waals surface area contributed by atoms with Gasteiger partial charge in [-0.05, 0) is 30.6 Å². The number of aliphatic hydroxyl groups is 1. The monoisotopic (exact) mass is 215 g/mol. The summed E-state index contributed by atoms with van der Waals surface area (Å²) in [4.78, 5) is 0. The van der Waals surface area contributed by atoms with E-state index in [2.05, 4.69) is 20.8 Å². The highest BCUT2D eigenvalue weighted by Gasteiger charge is 2.42. The lowest BCUT2D eigenvalue weighted by atomic mass is 9.65. The molecule has 2 unspecified atom stereocenters. The maximum absolute atomic E-state index is 8.84. The number of hydrogen-bond donors (Lipinski definition) is 2. The standard InChI is InChI=1S/C12H25NO2/c1-10-6-11(2,3)8-12(7-10,9-13)15-5-4-14/h10,14H,4-9,13H2,1-3H3. The molecular formula is C12H25NO2.